The molecule has 308 valence electrons. The highest BCUT2D eigenvalue weighted by atomic mass is 16.6. The Morgan fingerprint density at radius 2 is 1.50 bits per heavy atom. The average Bonchev–Trinajstić information content (AvgIpc) is 3.51. The molecule has 4 amide bonds. The minimum atomic E-state index is -0.969. The maximum absolute atomic E-state index is 14.2. The van der Waals surface area contributed by atoms with Gasteiger partial charge in [0.05, 0.1) is 5.52 Å². The number of alkyl carbamates (subject to hydrolysis) is 2. The number of fused-ring (bicyclic) bond motifs is 4. The van der Waals surface area contributed by atoms with Crippen LogP contribution in [0.4, 0.5) is 15.3 Å². The maximum atomic E-state index is 14.2. The molecule has 12 heteroatoms. The van der Waals surface area contributed by atoms with Gasteiger partial charge in [-0.2, -0.15) is 0 Å². The average molecular weight is 792 g/mol. The number of H-pyrrole nitrogens is 1. The van der Waals surface area contributed by atoms with Crippen LogP contribution in [-0.4, -0.2) is 59.8 Å². The number of amides is 4. The van der Waals surface area contributed by atoms with Crippen LogP contribution in [0.3, 0.4) is 0 Å². The van der Waals surface area contributed by atoms with Gasteiger partial charge in [0.1, 0.15) is 24.3 Å². The van der Waals surface area contributed by atoms with Gasteiger partial charge in [-0.15, -0.1) is 0 Å². The first-order chi connectivity index (χ1) is 27.9. The summed E-state index contributed by atoms with van der Waals surface area (Å²) in [5, 5.41) is 12.4. The van der Waals surface area contributed by atoms with Gasteiger partial charge in [-0.3, -0.25) is 14.4 Å². The number of hydrogen-bond donors (Lipinski definition) is 5. The van der Waals surface area contributed by atoms with Crippen molar-refractivity contribution >= 4 is 40.6 Å². The third-order valence-electron chi connectivity index (χ3n) is 11.0. The smallest absolute Gasteiger partial charge is 0.407 e. The van der Waals surface area contributed by atoms with Crippen LogP contribution in [0.2, 0.25) is 0 Å². The van der Waals surface area contributed by atoms with E-state index in [2.05, 4.69) is 50.5 Å². The Morgan fingerprint density at radius 1 is 0.810 bits per heavy atom. The molecular formula is C46H57N5O7. The molecule has 1 fully saturated rings. The van der Waals surface area contributed by atoms with Gasteiger partial charge >= 0.3 is 12.2 Å². The largest absolute Gasteiger partial charge is 0.449 e. The van der Waals surface area contributed by atoms with E-state index in [4.69, 9.17) is 9.47 Å². The first-order valence-electron chi connectivity index (χ1n) is 20.7. The SMILES string of the molecule is CCc1cc(=O)[nH]c2cc(NC(=O)C(CCCCNC(=O)OC(C)(C)C)NC(=O)C(CC3CCCCC3)NC(=O)OCC3c4ccccc4-c4ccccc43)ccc12. The Kier molecular flexibility index (Phi) is 13.9. The zero-order chi connectivity index (χ0) is 41.2. The second kappa shape index (κ2) is 19.2. The van der Waals surface area contributed by atoms with E-state index in [9.17, 15) is 24.0 Å². The summed E-state index contributed by atoms with van der Waals surface area (Å²) in [7, 11) is 0. The first-order valence-corrected chi connectivity index (χ1v) is 20.7. The molecule has 0 saturated heterocycles. The lowest BCUT2D eigenvalue weighted by Crippen LogP contribution is -2.53. The van der Waals surface area contributed by atoms with Crippen molar-refractivity contribution in [2.24, 2.45) is 5.92 Å². The van der Waals surface area contributed by atoms with Crippen molar-refractivity contribution < 1.29 is 28.7 Å². The Morgan fingerprint density at radius 3 is 2.17 bits per heavy atom. The summed E-state index contributed by atoms with van der Waals surface area (Å²) in [4.78, 5) is 69.1. The highest BCUT2D eigenvalue weighted by Crippen LogP contribution is 2.44. The number of aromatic amines is 1. The number of ether oxygens (including phenoxy) is 2. The molecule has 0 aliphatic heterocycles. The molecule has 1 aromatic heterocycles. The summed E-state index contributed by atoms with van der Waals surface area (Å²) < 4.78 is 11.2. The molecule has 6 rings (SSSR count). The van der Waals surface area contributed by atoms with Crippen LogP contribution >= 0.6 is 0 Å². The predicted octanol–water partition coefficient (Wildman–Crippen LogP) is 8.09. The van der Waals surface area contributed by atoms with Crippen LogP contribution < -0.4 is 26.8 Å². The monoisotopic (exact) mass is 791 g/mol. The van der Waals surface area contributed by atoms with Gasteiger partial charge < -0.3 is 35.7 Å². The van der Waals surface area contributed by atoms with E-state index >= 15 is 0 Å². The molecule has 1 saturated carbocycles. The number of rotatable bonds is 15. The topological polar surface area (TPSA) is 168 Å². The van der Waals surface area contributed by atoms with Crippen molar-refractivity contribution in [1.82, 2.24) is 20.9 Å². The van der Waals surface area contributed by atoms with E-state index in [-0.39, 0.29) is 30.4 Å². The maximum Gasteiger partial charge on any atom is 0.407 e. The quantitative estimate of drug-likeness (QED) is 0.0759. The molecule has 5 N–H and O–H groups in total. The molecular weight excluding hydrogens is 735 g/mol. The summed E-state index contributed by atoms with van der Waals surface area (Å²) in [6.45, 7) is 7.78. The fourth-order valence-corrected chi connectivity index (χ4v) is 8.22. The summed E-state index contributed by atoms with van der Waals surface area (Å²) >= 11 is 0. The van der Waals surface area contributed by atoms with Crippen molar-refractivity contribution in [2.75, 3.05) is 18.5 Å². The van der Waals surface area contributed by atoms with Gasteiger partial charge in [-0.05, 0) is 98.7 Å². The Hall–Kier alpha value is -5.65. The lowest BCUT2D eigenvalue weighted by Gasteiger charge is -2.28. The lowest BCUT2D eigenvalue weighted by atomic mass is 9.84. The predicted molar refractivity (Wildman–Crippen MR) is 226 cm³/mol. The van der Waals surface area contributed by atoms with Gasteiger partial charge in [0.2, 0.25) is 17.4 Å². The van der Waals surface area contributed by atoms with E-state index in [1.54, 1.807) is 39.0 Å². The van der Waals surface area contributed by atoms with E-state index in [0.29, 0.717) is 43.4 Å². The number of aromatic nitrogens is 1. The van der Waals surface area contributed by atoms with Gasteiger partial charge in [0.25, 0.3) is 0 Å². The minimum Gasteiger partial charge on any atom is -0.449 e. The zero-order valence-electron chi connectivity index (χ0n) is 34.1. The second-order valence-electron chi connectivity index (χ2n) is 16.5. The van der Waals surface area contributed by atoms with Crippen molar-refractivity contribution in [1.29, 1.82) is 0 Å². The second-order valence-corrected chi connectivity index (χ2v) is 16.5. The van der Waals surface area contributed by atoms with E-state index < -0.39 is 41.7 Å². The van der Waals surface area contributed by atoms with Crippen LogP contribution in [0.15, 0.2) is 77.6 Å². The molecule has 2 unspecified atom stereocenters. The van der Waals surface area contributed by atoms with Gasteiger partial charge in [0.15, 0.2) is 0 Å². The van der Waals surface area contributed by atoms with Crippen molar-refractivity contribution in [3.05, 3.63) is 99.8 Å². The van der Waals surface area contributed by atoms with Crippen molar-refractivity contribution in [3.8, 4) is 11.1 Å². The van der Waals surface area contributed by atoms with E-state index in [1.165, 1.54) is 0 Å². The van der Waals surface area contributed by atoms with Gasteiger partial charge in [-0.25, -0.2) is 9.59 Å². The standard InChI is InChI=1S/C46H57N5O7/c1-5-30-26-41(52)49-39-27-31(22-23-32(30)39)48-42(53)38(21-13-14-24-47-44(55)58-46(2,3)4)50-43(54)40(25-29-15-7-6-8-16-29)51-45(56)57-28-37-35-19-11-9-17-33(35)34-18-10-12-20-36(34)37/h9-12,17-20,22-23,26-27,29,37-38,40H,5-8,13-16,21,24-25,28H2,1-4H3,(H,47,55)(H,48,53)(H,49,52)(H,50,54)(H,51,56). The Balaban J connectivity index is 1.16. The summed E-state index contributed by atoms with van der Waals surface area (Å²) in [5.41, 5.74) is 5.51. The number of carbonyl (C=O) groups excluding carboxylic acids is 4. The molecule has 3 aromatic carbocycles. The van der Waals surface area contributed by atoms with Crippen LogP contribution in [-0.2, 0) is 25.5 Å². The molecule has 0 radical (unpaired) electrons. The molecule has 0 bridgehead atoms. The van der Waals surface area contributed by atoms with Crippen LogP contribution in [0.25, 0.3) is 22.0 Å². The third kappa shape index (κ3) is 11.0. The number of pyridine rings is 1. The minimum absolute atomic E-state index is 0.108. The van der Waals surface area contributed by atoms with E-state index in [0.717, 1.165) is 65.3 Å². The molecule has 2 atom stereocenters. The lowest BCUT2D eigenvalue weighted by molar-refractivity contribution is -0.128. The summed E-state index contributed by atoms with van der Waals surface area (Å²) in [5.74, 6) is -0.818. The molecule has 2 aliphatic rings. The molecule has 0 spiro atoms. The molecule has 2 aliphatic carbocycles. The number of nitrogens with one attached hydrogen (secondary N) is 5. The number of aryl methyl sites for hydroxylation is 1. The zero-order valence-corrected chi connectivity index (χ0v) is 34.1. The fourth-order valence-electron chi connectivity index (χ4n) is 8.22. The van der Waals surface area contributed by atoms with Crippen LogP contribution in [0.5, 0.6) is 0 Å². The van der Waals surface area contributed by atoms with Crippen molar-refractivity contribution in [2.45, 2.75) is 116 Å². The number of benzene rings is 3. The third-order valence-corrected chi connectivity index (χ3v) is 11.0. The Labute approximate surface area is 340 Å². The Bertz CT molecular complexity index is 2110. The molecule has 1 heterocycles. The molecule has 12 nitrogen and oxygen atoms in total. The summed E-state index contributed by atoms with van der Waals surface area (Å²) in [6, 6.07) is 21.2. The number of carbonyl (C=O) groups is 4. The summed E-state index contributed by atoms with van der Waals surface area (Å²) in [6.07, 6.45) is 6.32. The number of unbranched alkanes of at least 4 members (excludes halogenated alkanes) is 1. The normalized spacial score (nSPS) is 15.1. The van der Waals surface area contributed by atoms with Crippen LogP contribution in [0.1, 0.15) is 108 Å². The first kappa shape index (κ1) is 42.0. The molecule has 58 heavy (non-hydrogen) atoms. The highest BCUT2D eigenvalue weighted by molar-refractivity contribution is 5.99. The van der Waals surface area contributed by atoms with Gasteiger partial charge in [-0.1, -0.05) is 93.6 Å². The fraction of sp³-hybridized carbons (Fsp3) is 0.457. The highest BCUT2D eigenvalue weighted by Gasteiger charge is 2.32. The van der Waals surface area contributed by atoms with Gasteiger partial charge in [0, 0.05) is 29.6 Å². The number of anilines is 1. The molecule has 4 aromatic rings. The van der Waals surface area contributed by atoms with Crippen LogP contribution in [0, 0.1) is 5.92 Å². The number of hydrogen-bond acceptors (Lipinski definition) is 7. The van der Waals surface area contributed by atoms with E-state index in [1.807, 2.05) is 37.3 Å². The van der Waals surface area contributed by atoms with Crippen molar-refractivity contribution in [3.63, 3.8) is 0 Å².